The molecule has 0 aliphatic heterocycles. The van der Waals surface area contributed by atoms with Crippen molar-refractivity contribution in [2.24, 2.45) is 5.10 Å². The lowest BCUT2D eigenvalue weighted by molar-refractivity contribution is -0.136. The number of carbonyl (C=O) groups is 2. The maximum absolute atomic E-state index is 12.1. The fraction of sp³-hybridized carbons (Fsp3) is 0.0417. The monoisotopic (exact) mass is 381 g/mol. The molecular weight excluding hydrogens is 362 g/mol. The first kappa shape index (κ1) is 18.4. The van der Waals surface area contributed by atoms with Crippen molar-refractivity contribution in [1.29, 1.82) is 0 Å². The lowest BCUT2D eigenvalue weighted by atomic mass is 9.97. The van der Waals surface area contributed by atoms with Crippen molar-refractivity contribution < 1.29 is 9.59 Å². The summed E-state index contributed by atoms with van der Waals surface area (Å²) >= 11 is 0. The molecule has 0 radical (unpaired) electrons. The van der Waals surface area contributed by atoms with Crippen LogP contribution in [0.15, 0.2) is 84.0 Å². The average Bonchev–Trinajstić information content (AvgIpc) is 2.73. The molecule has 0 saturated heterocycles. The zero-order valence-corrected chi connectivity index (χ0v) is 15.8. The quantitative estimate of drug-likeness (QED) is 0.239. The highest BCUT2D eigenvalue weighted by Gasteiger charge is 2.13. The number of anilines is 1. The highest BCUT2D eigenvalue weighted by molar-refractivity contribution is 6.39. The van der Waals surface area contributed by atoms with Gasteiger partial charge in [-0.1, -0.05) is 60.7 Å². The van der Waals surface area contributed by atoms with Gasteiger partial charge in [0.1, 0.15) is 0 Å². The third kappa shape index (κ3) is 3.99. The van der Waals surface area contributed by atoms with Gasteiger partial charge in [-0.25, -0.2) is 5.43 Å². The normalized spacial score (nSPS) is 11.1. The van der Waals surface area contributed by atoms with Crippen molar-refractivity contribution in [3.05, 3.63) is 90.0 Å². The second-order valence-corrected chi connectivity index (χ2v) is 6.76. The fourth-order valence-corrected chi connectivity index (χ4v) is 3.30. The minimum Gasteiger partial charge on any atom is -0.318 e. The zero-order chi connectivity index (χ0) is 20.2. The SMILES string of the molecule is Cc1cccc(NC(=O)C(=O)NN=Cc2c3ccccc3cc3ccccc23)c1. The maximum atomic E-state index is 12.1. The number of hydrazone groups is 1. The van der Waals surface area contributed by atoms with Crippen molar-refractivity contribution in [3.8, 4) is 0 Å². The fourth-order valence-electron chi connectivity index (χ4n) is 3.30. The van der Waals surface area contributed by atoms with Crippen LogP contribution in [0.25, 0.3) is 21.5 Å². The molecule has 0 heterocycles. The molecule has 2 N–H and O–H groups in total. The molecule has 0 unspecified atom stereocenters. The summed E-state index contributed by atoms with van der Waals surface area (Å²) in [5.74, 6) is -1.59. The van der Waals surface area contributed by atoms with Gasteiger partial charge in [-0.2, -0.15) is 5.10 Å². The van der Waals surface area contributed by atoms with Crippen LogP contribution in [0.5, 0.6) is 0 Å². The minimum atomic E-state index is -0.827. The summed E-state index contributed by atoms with van der Waals surface area (Å²) in [6.07, 6.45) is 1.59. The maximum Gasteiger partial charge on any atom is 0.329 e. The molecule has 0 spiro atoms. The molecule has 29 heavy (non-hydrogen) atoms. The summed E-state index contributed by atoms with van der Waals surface area (Å²) in [5.41, 5.74) is 4.75. The molecular formula is C24H19N3O2. The van der Waals surface area contributed by atoms with Gasteiger partial charge in [0.05, 0.1) is 6.21 Å². The Morgan fingerprint density at radius 3 is 2.10 bits per heavy atom. The first-order valence-electron chi connectivity index (χ1n) is 9.23. The van der Waals surface area contributed by atoms with E-state index in [9.17, 15) is 9.59 Å². The van der Waals surface area contributed by atoms with Gasteiger partial charge in [0.2, 0.25) is 0 Å². The van der Waals surface area contributed by atoms with E-state index in [2.05, 4.69) is 21.9 Å². The molecule has 0 bridgehead atoms. The zero-order valence-electron chi connectivity index (χ0n) is 15.8. The number of rotatable bonds is 3. The van der Waals surface area contributed by atoms with Crippen molar-refractivity contribution in [3.63, 3.8) is 0 Å². The first-order valence-corrected chi connectivity index (χ1v) is 9.23. The van der Waals surface area contributed by atoms with Crippen LogP contribution in [-0.2, 0) is 9.59 Å². The van der Waals surface area contributed by atoms with Gasteiger partial charge >= 0.3 is 11.8 Å². The van der Waals surface area contributed by atoms with Gasteiger partial charge in [0.15, 0.2) is 0 Å². The standard InChI is InChI=1S/C24H19N3O2/c1-16-7-6-10-19(13-16)26-23(28)24(29)27-25-15-22-20-11-4-2-8-17(20)14-18-9-3-5-12-21(18)22/h2-15H,1H3,(H,26,28)(H,27,29). The summed E-state index contributed by atoms with van der Waals surface area (Å²) in [6.45, 7) is 1.91. The number of nitrogens with zero attached hydrogens (tertiary/aromatic N) is 1. The molecule has 0 aliphatic rings. The minimum absolute atomic E-state index is 0.564. The van der Waals surface area contributed by atoms with E-state index in [0.717, 1.165) is 32.7 Å². The predicted molar refractivity (Wildman–Crippen MR) is 117 cm³/mol. The van der Waals surface area contributed by atoms with Crippen LogP contribution in [-0.4, -0.2) is 18.0 Å². The summed E-state index contributed by atoms with van der Waals surface area (Å²) < 4.78 is 0. The number of nitrogens with one attached hydrogen (secondary N) is 2. The Labute approximate surface area is 168 Å². The topological polar surface area (TPSA) is 70.6 Å². The predicted octanol–water partition coefficient (Wildman–Crippen LogP) is 4.39. The smallest absolute Gasteiger partial charge is 0.318 e. The van der Waals surface area contributed by atoms with Crippen LogP contribution in [0, 0.1) is 6.92 Å². The van der Waals surface area contributed by atoms with E-state index in [1.54, 1.807) is 18.3 Å². The van der Waals surface area contributed by atoms with Gasteiger partial charge in [0, 0.05) is 11.3 Å². The van der Waals surface area contributed by atoms with Gasteiger partial charge in [-0.05, 0) is 52.2 Å². The Balaban J connectivity index is 1.56. The summed E-state index contributed by atoms with van der Waals surface area (Å²) in [6, 6.07) is 25.3. The van der Waals surface area contributed by atoms with Crippen molar-refractivity contribution in [2.45, 2.75) is 6.92 Å². The Morgan fingerprint density at radius 2 is 1.45 bits per heavy atom. The third-order valence-corrected chi connectivity index (χ3v) is 4.65. The Morgan fingerprint density at radius 1 is 0.793 bits per heavy atom. The molecule has 4 aromatic carbocycles. The molecule has 0 saturated carbocycles. The number of hydrogen-bond donors (Lipinski definition) is 2. The number of carbonyl (C=O) groups excluding carboxylic acids is 2. The van der Waals surface area contributed by atoms with Crippen molar-refractivity contribution in [2.75, 3.05) is 5.32 Å². The largest absolute Gasteiger partial charge is 0.329 e. The summed E-state index contributed by atoms with van der Waals surface area (Å²) in [7, 11) is 0. The Bertz CT molecular complexity index is 1210. The van der Waals surface area contributed by atoms with Crippen LogP contribution < -0.4 is 10.7 Å². The third-order valence-electron chi connectivity index (χ3n) is 4.65. The van der Waals surface area contributed by atoms with Gasteiger partial charge in [-0.3, -0.25) is 9.59 Å². The Kier molecular flexibility index (Phi) is 5.03. The molecule has 0 aromatic heterocycles. The summed E-state index contributed by atoms with van der Waals surface area (Å²) in [4.78, 5) is 24.2. The Hall–Kier alpha value is -3.99. The molecule has 5 nitrogen and oxygen atoms in total. The lowest BCUT2D eigenvalue weighted by Gasteiger charge is -2.08. The van der Waals surface area contributed by atoms with Crippen LogP contribution in [0.1, 0.15) is 11.1 Å². The molecule has 2 amide bonds. The highest BCUT2D eigenvalue weighted by Crippen LogP contribution is 2.27. The van der Waals surface area contributed by atoms with Crippen molar-refractivity contribution >= 4 is 45.3 Å². The lowest BCUT2D eigenvalue weighted by Crippen LogP contribution is -2.32. The van der Waals surface area contributed by atoms with Crippen molar-refractivity contribution in [1.82, 2.24) is 5.43 Å². The van der Waals surface area contributed by atoms with E-state index >= 15 is 0 Å². The number of fused-ring (bicyclic) bond motifs is 2. The highest BCUT2D eigenvalue weighted by atomic mass is 16.2. The second-order valence-electron chi connectivity index (χ2n) is 6.76. The average molecular weight is 381 g/mol. The molecule has 4 rings (SSSR count). The second kappa shape index (κ2) is 7.94. The molecule has 5 heteroatoms. The number of hydrogen-bond acceptors (Lipinski definition) is 3. The number of aryl methyl sites for hydroxylation is 1. The van der Waals surface area contributed by atoms with E-state index in [0.29, 0.717) is 5.69 Å². The van der Waals surface area contributed by atoms with Gasteiger partial charge in [0.25, 0.3) is 0 Å². The van der Waals surface area contributed by atoms with Gasteiger partial charge in [-0.15, -0.1) is 0 Å². The van der Waals surface area contributed by atoms with E-state index in [1.165, 1.54) is 0 Å². The van der Waals surface area contributed by atoms with Crippen LogP contribution in [0.2, 0.25) is 0 Å². The molecule has 0 atom stereocenters. The van der Waals surface area contributed by atoms with Crippen LogP contribution in [0.3, 0.4) is 0 Å². The molecule has 142 valence electrons. The molecule has 0 fully saturated rings. The number of benzene rings is 4. The van der Waals surface area contributed by atoms with Crippen LogP contribution in [0.4, 0.5) is 5.69 Å². The van der Waals surface area contributed by atoms with E-state index in [4.69, 9.17) is 0 Å². The molecule has 0 aliphatic carbocycles. The van der Waals surface area contributed by atoms with E-state index in [1.807, 2.05) is 67.6 Å². The van der Waals surface area contributed by atoms with E-state index < -0.39 is 11.8 Å². The first-order chi connectivity index (χ1) is 14.1. The number of amides is 2. The van der Waals surface area contributed by atoms with Crippen LogP contribution >= 0.6 is 0 Å². The van der Waals surface area contributed by atoms with E-state index in [-0.39, 0.29) is 0 Å². The molecule has 4 aromatic rings. The summed E-state index contributed by atoms with van der Waals surface area (Å²) in [5, 5.41) is 10.8. The van der Waals surface area contributed by atoms with Gasteiger partial charge < -0.3 is 5.32 Å².